The van der Waals surface area contributed by atoms with Gasteiger partial charge in [-0.1, -0.05) is 0 Å². The van der Waals surface area contributed by atoms with Crippen molar-refractivity contribution in [2.45, 2.75) is 5.37 Å². The number of carbonyl (C=O) groups excluding carboxylic acids is 1. The van der Waals surface area contributed by atoms with Crippen molar-refractivity contribution in [3.05, 3.63) is 20.8 Å². The molecule has 2 heterocycles. The van der Waals surface area contributed by atoms with Crippen LogP contribution in [-0.2, 0) is 9.53 Å². The number of hydrogen-bond donors (Lipinski definition) is 0. The lowest BCUT2D eigenvalue weighted by Gasteiger charge is -2.22. The van der Waals surface area contributed by atoms with Crippen molar-refractivity contribution in [2.75, 3.05) is 26.0 Å². The Kier molecular flexibility index (Phi) is 4.29. The van der Waals surface area contributed by atoms with Gasteiger partial charge in [0.2, 0.25) is 5.91 Å². The van der Waals surface area contributed by atoms with Gasteiger partial charge in [0.05, 0.1) is 16.1 Å². The third-order valence-corrected chi connectivity index (χ3v) is 5.40. The molecule has 0 spiro atoms. The number of nitrogens with zero attached hydrogens (tertiary/aromatic N) is 1. The molecule has 0 bridgehead atoms. The van der Waals surface area contributed by atoms with Gasteiger partial charge in [0.1, 0.15) is 5.37 Å². The van der Waals surface area contributed by atoms with Crippen LogP contribution in [-0.4, -0.2) is 36.8 Å². The number of hydrogen-bond acceptors (Lipinski definition) is 4. The van der Waals surface area contributed by atoms with Crippen molar-refractivity contribution in [3.8, 4) is 0 Å². The fraction of sp³-hybridized carbons (Fsp3) is 0.500. The van der Waals surface area contributed by atoms with Crippen LogP contribution in [0.4, 0.5) is 0 Å². The Hall–Kier alpha value is -0.0400. The summed E-state index contributed by atoms with van der Waals surface area (Å²) in [6.07, 6.45) is 0. The van der Waals surface area contributed by atoms with Crippen molar-refractivity contribution in [1.82, 2.24) is 4.90 Å². The van der Waals surface area contributed by atoms with Crippen LogP contribution >= 0.6 is 39.0 Å². The minimum absolute atomic E-state index is 0.166. The molecule has 0 aromatic carbocycles. The molecule has 0 saturated carbocycles. The number of thioether (sulfide) groups is 1. The van der Waals surface area contributed by atoms with Crippen LogP contribution in [0.1, 0.15) is 10.3 Å². The van der Waals surface area contributed by atoms with E-state index in [2.05, 4.69) is 22.0 Å². The highest BCUT2D eigenvalue weighted by Gasteiger charge is 2.33. The van der Waals surface area contributed by atoms with Gasteiger partial charge in [-0.2, -0.15) is 0 Å². The number of thiophene rings is 1. The van der Waals surface area contributed by atoms with Crippen LogP contribution in [0.3, 0.4) is 0 Å². The molecule has 1 aromatic rings. The van der Waals surface area contributed by atoms with E-state index in [1.165, 1.54) is 4.88 Å². The molecule has 1 unspecified atom stereocenters. The summed E-state index contributed by atoms with van der Waals surface area (Å²) in [6, 6.07) is 4.10. The third kappa shape index (κ3) is 2.61. The molecular weight excluding hydrogens is 310 g/mol. The van der Waals surface area contributed by atoms with E-state index in [4.69, 9.17) is 4.74 Å². The Morgan fingerprint density at radius 3 is 3.06 bits per heavy atom. The van der Waals surface area contributed by atoms with Crippen LogP contribution in [0.15, 0.2) is 15.9 Å². The van der Waals surface area contributed by atoms with Gasteiger partial charge in [0.25, 0.3) is 0 Å². The number of halogens is 1. The van der Waals surface area contributed by atoms with Crippen molar-refractivity contribution in [1.29, 1.82) is 0 Å². The number of ether oxygens (including phenoxy) is 1. The lowest BCUT2D eigenvalue weighted by molar-refractivity contribution is -0.128. The van der Waals surface area contributed by atoms with Gasteiger partial charge in [0, 0.05) is 18.5 Å². The Morgan fingerprint density at radius 2 is 2.44 bits per heavy atom. The highest BCUT2D eigenvalue weighted by Crippen LogP contribution is 2.42. The van der Waals surface area contributed by atoms with Crippen LogP contribution in [0, 0.1) is 0 Å². The van der Waals surface area contributed by atoms with Crippen molar-refractivity contribution >= 4 is 44.9 Å². The smallest absolute Gasteiger partial charge is 0.233 e. The molecule has 0 aliphatic carbocycles. The molecule has 1 aliphatic heterocycles. The van der Waals surface area contributed by atoms with Crippen LogP contribution in [0.5, 0.6) is 0 Å². The zero-order chi connectivity index (χ0) is 11.5. The summed E-state index contributed by atoms with van der Waals surface area (Å²) in [6.45, 7) is 1.26. The van der Waals surface area contributed by atoms with Crippen LogP contribution in [0.25, 0.3) is 0 Å². The summed E-state index contributed by atoms with van der Waals surface area (Å²) < 4.78 is 6.14. The number of methoxy groups -OCH3 is 1. The molecule has 1 aliphatic rings. The van der Waals surface area contributed by atoms with Gasteiger partial charge in [-0.3, -0.25) is 4.79 Å². The molecule has 0 radical (unpaired) electrons. The highest BCUT2D eigenvalue weighted by molar-refractivity contribution is 9.11. The predicted octanol–water partition coefficient (Wildman–Crippen LogP) is 2.73. The Balaban J connectivity index is 2.11. The molecule has 1 amide bonds. The largest absolute Gasteiger partial charge is 0.383 e. The van der Waals surface area contributed by atoms with Gasteiger partial charge in [-0.05, 0) is 28.1 Å². The van der Waals surface area contributed by atoms with E-state index in [1.807, 2.05) is 11.0 Å². The van der Waals surface area contributed by atoms with E-state index in [0.29, 0.717) is 18.9 Å². The van der Waals surface area contributed by atoms with Crippen molar-refractivity contribution in [2.24, 2.45) is 0 Å². The molecule has 1 atom stereocenters. The third-order valence-electron chi connectivity index (χ3n) is 2.34. The van der Waals surface area contributed by atoms with Gasteiger partial charge in [-0.25, -0.2) is 0 Å². The first kappa shape index (κ1) is 12.4. The van der Waals surface area contributed by atoms with E-state index < -0.39 is 0 Å². The Bertz CT molecular complexity index is 383. The molecule has 1 saturated heterocycles. The average Bonchev–Trinajstić information content (AvgIpc) is 2.82. The summed E-state index contributed by atoms with van der Waals surface area (Å²) in [5, 5.41) is 0.166. The van der Waals surface area contributed by atoms with Gasteiger partial charge in [-0.15, -0.1) is 23.1 Å². The second-order valence-electron chi connectivity index (χ2n) is 3.39. The highest BCUT2D eigenvalue weighted by atomic mass is 79.9. The van der Waals surface area contributed by atoms with Gasteiger partial charge < -0.3 is 9.64 Å². The second kappa shape index (κ2) is 5.53. The van der Waals surface area contributed by atoms with Gasteiger partial charge >= 0.3 is 0 Å². The van der Waals surface area contributed by atoms with Crippen molar-refractivity contribution < 1.29 is 9.53 Å². The predicted molar refractivity (Wildman–Crippen MR) is 70.8 cm³/mol. The Labute approximate surface area is 111 Å². The molecule has 16 heavy (non-hydrogen) atoms. The SMILES string of the molecule is COCCN1C(=O)CSC1c1ccc(Br)s1. The maximum Gasteiger partial charge on any atom is 0.233 e. The summed E-state index contributed by atoms with van der Waals surface area (Å²) in [5.74, 6) is 0.778. The molecule has 0 N–H and O–H groups in total. The van der Waals surface area contributed by atoms with Crippen LogP contribution < -0.4 is 0 Å². The first-order valence-corrected chi connectivity index (χ1v) is 7.53. The Morgan fingerprint density at radius 1 is 1.62 bits per heavy atom. The standard InChI is InChI=1S/C10H12BrNO2S2/c1-14-5-4-12-9(13)6-15-10(12)7-2-3-8(11)16-7/h2-3,10H,4-6H2,1H3. The number of rotatable bonds is 4. The number of amides is 1. The van der Waals surface area contributed by atoms with Crippen LogP contribution in [0.2, 0.25) is 0 Å². The zero-order valence-electron chi connectivity index (χ0n) is 8.81. The van der Waals surface area contributed by atoms with E-state index in [9.17, 15) is 4.79 Å². The average molecular weight is 322 g/mol. The summed E-state index contributed by atoms with van der Waals surface area (Å²) >= 11 is 6.82. The normalized spacial score (nSPS) is 20.8. The quantitative estimate of drug-likeness (QED) is 0.854. The molecular formula is C10H12BrNO2S2. The molecule has 1 aromatic heterocycles. The first-order valence-electron chi connectivity index (χ1n) is 4.87. The van der Waals surface area contributed by atoms with Crippen molar-refractivity contribution in [3.63, 3.8) is 0 Å². The van der Waals surface area contributed by atoms with Gasteiger partial charge in [0.15, 0.2) is 0 Å². The monoisotopic (exact) mass is 321 g/mol. The maximum absolute atomic E-state index is 11.7. The van der Waals surface area contributed by atoms with E-state index in [0.717, 1.165) is 3.79 Å². The zero-order valence-corrected chi connectivity index (χ0v) is 12.0. The summed E-state index contributed by atoms with van der Waals surface area (Å²) in [4.78, 5) is 14.8. The lowest BCUT2D eigenvalue weighted by atomic mass is 10.4. The maximum atomic E-state index is 11.7. The lowest BCUT2D eigenvalue weighted by Crippen LogP contribution is -2.31. The van der Waals surface area contributed by atoms with E-state index >= 15 is 0 Å². The topological polar surface area (TPSA) is 29.5 Å². The molecule has 6 heteroatoms. The molecule has 3 nitrogen and oxygen atoms in total. The minimum Gasteiger partial charge on any atom is -0.383 e. The summed E-state index contributed by atoms with van der Waals surface area (Å²) in [7, 11) is 1.66. The second-order valence-corrected chi connectivity index (χ2v) is 6.95. The van der Waals surface area contributed by atoms with E-state index in [-0.39, 0.29) is 11.3 Å². The fourth-order valence-corrected chi connectivity index (χ4v) is 4.46. The first-order chi connectivity index (χ1) is 7.72. The summed E-state index contributed by atoms with van der Waals surface area (Å²) in [5.41, 5.74) is 0. The molecule has 1 fully saturated rings. The van der Waals surface area contributed by atoms with E-state index in [1.54, 1.807) is 30.2 Å². The fourth-order valence-electron chi connectivity index (χ4n) is 1.58. The number of carbonyl (C=O) groups is 1. The molecule has 88 valence electrons. The molecule has 2 rings (SSSR count). The minimum atomic E-state index is 0.166.